The first-order valence-corrected chi connectivity index (χ1v) is 8.58. The number of sulfonamides is 1. The van der Waals surface area contributed by atoms with Crippen LogP contribution in [0.2, 0.25) is 0 Å². The van der Waals surface area contributed by atoms with E-state index in [4.69, 9.17) is 0 Å². The lowest BCUT2D eigenvalue weighted by Crippen LogP contribution is -2.27. The third-order valence-corrected chi connectivity index (χ3v) is 4.69. The van der Waals surface area contributed by atoms with Crippen LogP contribution in [0.15, 0.2) is 60.0 Å². The molecule has 3 aromatic rings. The van der Waals surface area contributed by atoms with Gasteiger partial charge in [0.2, 0.25) is 10.0 Å². The highest BCUT2D eigenvalue weighted by Crippen LogP contribution is 2.12. The van der Waals surface area contributed by atoms with Crippen LogP contribution in [0.1, 0.15) is 0 Å². The van der Waals surface area contributed by atoms with Gasteiger partial charge in [-0.15, -0.1) is 0 Å². The van der Waals surface area contributed by atoms with Gasteiger partial charge in [-0.1, -0.05) is 6.07 Å². The Hall–Kier alpha value is -2.65. The summed E-state index contributed by atoms with van der Waals surface area (Å²) in [4.78, 5) is 12.3. The Labute approximate surface area is 138 Å². The van der Waals surface area contributed by atoms with E-state index in [9.17, 15) is 12.8 Å². The fourth-order valence-corrected chi connectivity index (χ4v) is 3.18. The molecular weight excluding hydrogens is 333 g/mol. The molecule has 0 unspecified atom stereocenters. The van der Waals surface area contributed by atoms with Crippen molar-refractivity contribution >= 4 is 10.0 Å². The highest BCUT2D eigenvalue weighted by Gasteiger charge is 2.15. The van der Waals surface area contributed by atoms with E-state index in [2.05, 4.69) is 19.7 Å². The summed E-state index contributed by atoms with van der Waals surface area (Å²) in [6.45, 7) is 0.456. The number of nitrogens with zero attached hydrogens (tertiary/aromatic N) is 4. The molecule has 0 aliphatic rings. The third-order valence-electron chi connectivity index (χ3n) is 3.23. The Balaban J connectivity index is 1.69. The van der Waals surface area contributed by atoms with Crippen LogP contribution in [0, 0.1) is 5.82 Å². The number of rotatable bonds is 6. The molecule has 2 aromatic heterocycles. The number of imidazole rings is 1. The minimum atomic E-state index is -3.77. The summed E-state index contributed by atoms with van der Waals surface area (Å²) in [5.41, 5.74) is 0. The molecule has 0 spiro atoms. The standard InChI is InChI=1S/C15H14FN5O2S/c16-12-3-1-4-13(11-12)24(22,23)20-8-10-21-9-7-19-15(21)14-17-5-2-6-18-14/h1-7,9,11,20H,8,10H2. The van der Waals surface area contributed by atoms with Crippen molar-refractivity contribution in [3.63, 3.8) is 0 Å². The molecule has 7 nitrogen and oxygen atoms in total. The molecule has 0 saturated heterocycles. The zero-order chi connectivity index (χ0) is 17.0. The lowest BCUT2D eigenvalue weighted by Gasteiger charge is -2.09. The fourth-order valence-electron chi connectivity index (χ4n) is 2.13. The normalized spacial score (nSPS) is 11.5. The smallest absolute Gasteiger partial charge is 0.240 e. The maximum atomic E-state index is 13.2. The van der Waals surface area contributed by atoms with E-state index in [1.807, 2.05) is 0 Å². The van der Waals surface area contributed by atoms with Gasteiger partial charge in [0, 0.05) is 37.9 Å². The molecule has 0 amide bonds. The molecule has 0 aliphatic carbocycles. The quantitative estimate of drug-likeness (QED) is 0.729. The van der Waals surface area contributed by atoms with E-state index in [1.165, 1.54) is 18.2 Å². The van der Waals surface area contributed by atoms with Crippen molar-refractivity contribution < 1.29 is 12.8 Å². The summed E-state index contributed by atoms with van der Waals surface area (Å²) in [6.07, 6.45) is 6.51. The average Bonchev–Trinajstić information content (AvgIpc) is 3.04. The van der Waals surface area contributed by atoms with Crippen LogP contribution in [0.3, 0.4) is 0 Å². The molecule has 0 fully saturated rings. The van der Waals surface area contributed by atoms with Crippen molar-refractivity contribution in [1.29, 1.82) is 0 Å². The van der Waals surface area contributed by atoms with Gasteiger partial charge < -0.3 is 4.57 Å². The lowest BCUT2D eigenvalue weighted by atomic mass is 10.4. The van der Waals surface area contributed by atoms with Crippen LogP contribution in [0.25, 0.3) is 11.6 Å². The van der Waals surface area contributed by atoms with Crippen molar-refractivity contribution in [1.82, 2.24) is 24.2 Å². The van der Waals surface area contributed by atoms with Gasteiger partial charge in [0.1, 0.15) is 5.82 Å². The summed E-state index contributed by atoms with van der Waals surface area (Å²) in [7, 11) is -3.77. The van der Waals surface area contributed by atoms with Crippen LogP contribution in [0.5, 0.6) is 0 Å². The summed E-state index contributed by atoms with van der Waals surface area (Å²) < 4.78 is 41.6. The van der Waals surface area contributed by atoms with E-state index >= 15 is 0 Å². The number of aromatic nitrogens is 4. The van der Waals surface area contributed by atoms with Gasteiger partial charge >= 0.3 is 0 Å². The molecular formula is C15H14FN5O2S. The van der Waals surface area contributed by atoms with Crippen LogP contribution in [0.4, 0.5) is 4.39 Å². The molecule has 24 heavy (non-hydrogen) atoms. The molecule has 3 rings (SSSR count). The van der Waals surface area contributed by atoms with Crippen molar-refractivity contribution in [3.8, 4) is 11.6 Å². The maximum Gasteiger partial charge on any atom is 0.240 e. The van der Waals surface area contributed by atoms with Gasteiger partial charge in [-0.25, -0.2) is 32.5 Å². The summed E-state index contributed by atoms with van der Waals surface area (Å²) in [5.74, 6) is 0.395. The Bertz CT molecular complexity index is 928. The zero-order valence-electron chi connectivity index (χ0n) is 12.5. The number of nitrogens with one attached hydrogen (secondary N) is 1. The summed E-state index contributed by atoms with van der Waals surface area (Å²) in [6, 6.07) is 6.56. The van der Waals surface area contributed by atoms with Crippen molar-refractivity contribution in [3.05, 3.63) is 60.9 Å². The minimum Gasteiger partial charge on any atom is -0.327 e. The molecule has 9 heteroatoms. The first-order chi connectivity index (χ1) is 11.6. The molecule has 0 aliphatic heterocycles. The van der Waals surface area contributed by atoms with E-state index in [0.717, 1.165) is 6.07 Å². The van der Waals surface area contributed by atoms with Gasteiger partial charge in [-0.05, 0) is 24.3 Å². The predicted octanol–water partition coefficient (Wildman–Crippen LogP) is 1.46. The second-order valence-electron chi connectivity index (χ2n) is 4.87. The molecule has 0 radical (unpaired) electrons. The van der Waals surface area contributed by atoms with E-state index < -0.39 is 15.8 Å². The van der Waals surface area contributed by atoms with Crippen molar-refractivity contribution in [2.75, 3.05) is 6.54 Å². The highest BCUT2D eigenvalue weighted by molar-refractivity contribution is 7.89. The topological polar surface area (TPSA) is 89.8 Å². The Kier molecular flexibility index (Phi) is 4.63. The molecule has 2 heterocycles. The number of hydrogen-bond acceptors (Lipinski definition) is 5. The van der Waals surface area contributed by atoms with Gasteiger partial charge in [0.05, 0.1) is 4.90 Å². The monoisotopic (exact) mass is 347 g/mol. The predicted molar refractivity (Wildman–Crippen MR) is 84.8 cm³/mol. The summed E-state index contributed by atoms with van der Waals surface area (Å²) in [5, 5.41) is 0. The second kappa shape index (κ2) is 6.85. The summed E-state index contributed by atoms with van der Waals surface area (Å²) >= 11 is 0. The minimum absolute atomic E-state index is 0.111. The first kappa shape index (κ1) is 16.2. The Morgan fingerprint density at radius 3 is 2.62 bits per heavy atom. The van der Waals surface area contributed by atoms with Crippen LogP contribution >= 0.6 is 0 Å². The van der Waals surface area contributed by atoms with Gasteiger partial charge in [0.15, 0.2) is 11.6 Å². The Morgan fingerprint density at radius 1 is 1.08 bits per heavy atom. The first-order valence-electron chi connectivity index (χ1n) is 7.10. The number of hydrogen-bond donors (Lipinski definition) is 1. The molecule has 0 atom stereocenters. The zero-order valence-corrected chi connectivity index (χ0v) is 13.3. The molecule has 1 aromatic carbocycles. The van der Waals surface area contributed by atoms with Crippen molar-refractivity contribution in [2.24, 2.45) is 0 Å². The molecule has 0 saturated carbocycles. The molecule has 124 valence electrons. The average molecular weight is 347 g/mol. The van der Waals surface area contributed by atoms with Crippen LogP contribution in [-0.4, -0.2) is 34.5 Å². The third kappa shape index (κ3) is 3.63. The van der Waals surface area contributed by atoms with Gasteiger partial charge in [-0.2, -0.15) is 0 Å². The van der Waals surface area contributed by atoms with Gasteiger partial charge in [-0.3, -0.25) is 0 Å². The number of halogens is 1. The second-order valence-corrected chi connectivity index (χ2v) is 6.64. The molecule has 0 bridgehead atoms. The highest BCUT2D eigenvalue weighted by atomic mass is 32.2. The van der Waals surface area contributed by atoms with Crippen molar-refractivity contribution in [2.45, 2.75) is 11.4 Å². The van der Waals surface area contributed by atoms with E-state index in [1.54, 1.807) is 35.4 Å². The maximum absolute atomic E-state index is 13.2. The van der Waals surface area contributed by atoms with Crippen LogP contribution < -0.4 is 4.72 Å². The SMILES string of the molecule is O=S(=O)(NCCn1ccnc1-c1ncccn1)c1cccc(F)c1. The van der Waals surface area contributed by atoms with Crippen LogP contribution in [-0.2, 0) is 16.6 Å². The Morgan fingerprint density at radius 2 is 1.88 bits per heavy atom. The number of benzene rings is 1. The fraction of sp³-hybridized carbons (Fsp3) is 0.133. The van der Waals surface area contributed by atoms with E-state index in [-0.39, 0.29) is 11.4 Å². The molecule has 1 N–H and O–H groups in total. The largest absolute Gasteiger partial charge is 0.327 e. The van der Waals surface area contributed by atoms with Gasteiger partial charge in [0.25, 0.3) is 0 Å². The van der Waals surface area contributed by atoms with E-state index in [0.29, 0.717) is 18.2 Å². The lowest BCUT2D eigenvalue weighted by molar-refractivity contribution is 0.570.